The first-order chi connectivity index (χ1) is 13.5. The highest BCUT2D eigenvalue weighted by Gasteiger charge is 2.37. The lowest BCUT2D eigenvalue weighted by molar-refractivity contribution is -0.127. The zero-order chi connectivity index (χ0) is 19.6. The molecule has 0 aliphatic carbocycles. The average molecular weight is 377 g/mol. The number of carbonyl (C=O) groups is 2. The monoisotopic (exact) mass is 377 g/mol. The molecule has 4 rings (SSSR count). The summed E-state index contributed by atoms with van der Waals surface area (Å²) in [6, 6.07) is 16.3. The molecule has 0 radical (unpaired) electrons. The van der Waals surface area contributed by atoms with E-state index in [0.717, 1.165) is 55.8 Å². The van der Waals surface area contributed by atoms with E-state index in [1.165, 1.54) is 5.56 Å². The molecular weight excluding hydrogens is 350 g/mol. The Bertz CT molecular complexity index is 871. The van der Waals surface area contributed by atoms with Gasteiger partial charge in [-0.15, -0.1) is 0 Å². The second-order valence-corrected chi connectivity index (χ2v) is 8.20. The largest absolute Gasteiger partial charge is 0.326 e. The van der Waals surface area contributed by atoms with E-state index in [1.54, 1.807) is 0 Å². The van der Waals surface area contributed by atoms with Crippen molar-refractivity contribution < 1.29 is 9.59 Å². The first kappa shape index (κ1) is 18.7. The molecule has 0 bridgehead atoms. The fourth-order valence-electron chi connectivity index (χ4n) is 4.00. The van der Waals surface area contributed by atoms with E-state index < -0.39 is 0 Å². The number of nitrogens with zero attached hydrogens (tertiary/aromatic N) is 1. The molecule has 5 heteroatoms. The van der Waals surface area contributed by atoms with E-state index in [1.807, 2.05) is 24.3 Å². The van der Waals surface area contributed by atoms with Crippen LogP contribution in [0.2, 0.25) is 0 Å². The first-order valence-electron chi connectivity index (χ1n) is 10.0. The van der Waals surface area contributed by atoms with Gasteiger partial charge in [0.2, 0.25) is 11.8 Å². The van der Waals surface area contributed by atoms with E-state index in [-0.39, 0.29) is 17.2 Å². The summed E-state index contributed by atoms with van der Waals surface area (Å²) in [5.41, 5.74) is 3.63. The van der Waals surface area contributed by atoms with E-state index in [9.17, 15) is 9.59 Å². The predicted octanol–water partition coefficient (Wildman–Crippen LogP) is 3.81. The molecule has 2 amide bonds. The number of anilines is 2. The van der Waals surface area contributed by atoms with Crippen molar-refractivity contribution in [2.24, 2.45) is 5.41 Å². The molecule has 1 saturated heterocycles. The van der Waals surface area contributed by atoms with Gasteiger partial charge in [-0.2, -0.15) is 0 Å². The maximum atomic E-state index is 13.0. The Hall–Kier alpha value is -2.66. The Kier molecular flexibility index (Phi) is 5.18. The molecule has 0 saturated carbocycles. The average Bonchev–Trinajstić information content (AvgIpc) is 2.70. The summed E-state index contributed by atoms with van der Waals surface area (Å²) < 4.78 is 0. The number of amides is 2. The molecule has 28 heavy (non-hydrogen) atoms. The third-order valence-electron chi connectivity index (χ3n) is 6.02. The van der Waals surface area contributed by atoms with Crippen molar-refractivity contribution >= 4 is 23.2 Å². The van der Waals surface area contributed by atoms with E-state index in [0.29, 0.717) is 6.42 Å². The number of fused-ring (bicyclic) bond motifs is 1. The molecule has 0 spiro atoms. The lowest BCUT2D eigenvalue weighted by Gasteiger charge is -2.38. The van der Waals surface area contributed by atoms with Gasteiger partial charge in [0.1, 0.15) is 0 Å². The fraction of sp³-hybridized carbons (Fsp3) is 0.391. The number of hydrogen-bond donors (Lipinski definition) is 2. The number of rotatable bonds is 4. The van der Waals surface area contributed by atoms with Crippen molar-refractivity contribution in [2.75, 3.05) is 23.7 Å². The molecule has 2 heterocycles. The lowest BCUT2D eigenvalue weighted by Crippen LogP contribution is -2.44. The van der Waals surface area contributed by atoms with Crippen LogP contribution >= 0.6 is 0 Å². The van der Waals surface area contributed by atoms with Gasteiger partial charge in [0, 0.05) is 29.8 Å². The van der Waals surface area contributed by atoms with Gasteiger partial charge in [-0.25, -0.2) is 0 Å². The van der Waals surface area contributed by atoms with Crippen LogP contribution in [0, 0.1) is 5.41 Å². The maximum absolute atomic E-state index is 13.0. The van der Waals surface area contributed by atoms with Crippen LogP contribution in [-0.2, 0) is 22.6 Å². The van der Waals surface area contributed by atoms with Crippen LogP contribution in [0.25, 0.3) is 0 Å². The number of nitrogens with one attached hydrogen (secondary N) is 2. The zero-order valence-electron chi connectivity index (χ0n) is 16.3. The summed E-state index contributed by atoms with van der Waals surface area (Å²) in [5, 5.41) is 5.97. The predicted molar refractivity (Wildman–Crippen MR) is 111 cm³/mol. The highest BCUT2D eigenvalue weighted by atomic mass is 16.2. The molecule has 1 fully saturated rings. The van der Waals surface area contributed by atoms with E-state index in [4.69, 9.17) is 0 Å². The molecule has 0 unspecified atom stereocenters. The molecule has 2 N–H and O–H groups in total. The van der Waals surface area contributed by atoms with Gasteiger partial charge in [0.05, 0.1) is 0 Å². The molecular formula is C23H27N3O2. The molecule has 2 aromatic rings. The molecule has 2 aromatic carbocycles. The van der Waals surface area contributed by atoms with Crippen LogP contribution in [0.1, 0.15) is 37.3 Å². The Morgan fingerprint density at radius 1 is 1.11 bits per heavy atom. The summed E-state index contributed by atoms with van der Waals surface area (Å²) in [4.78, 5) is 27.0. The molecule has 5 nitrogen and oxygen atoms in total. The minimum Gasteiger partial charge on any atom is -0.326 e. The summed E-state index contributed by atoms with van der Waals surface area (Å²) in [6.45, 7) is 4.82. The third-order valence-corrected chi connectivity index (χ3v) is 6.02. The number of likely N-dealkylation sites (tertiary alicyclic amines) is 1. The number of hydrogen-bond acceptors (Lipinski definition) is 3. The van der Waals surface area contributed by atoms with Crippen LogP contribution in [-0.4, -0.2) is 29.8 Å². The van der Waals surface area contributed by atoms with Crippen LogP contribution in [0.15, 0.2) is 48.5 Å². The van der Waals surface area contributed by atoms with Gasteiger partial charge in [0.15, 0.2) is 0 Å². The SMILES string of the molecule is CC1(C(=O)Nc2ccc3c(c2)NC(=O)CC3)CCN(Cc2ccccc2)CC1. The van der Waals surface area contributed by atoms with Crippen molar-refractivity contribution in [1.82, 2.24) is 4.90 Å². The van der Waals surface area contributed by atoms with Crippen LogP contribution in [0.3, 0.4) is 0 Å². The molecule has 2 aliphatic rings. The van der Waals surface area contributed by atoms with Gasteiger partial charge in [-0.05, 0) is 55.6 Å². The van der Waals surface area contributed by atoms with Crippen molar-refractivity contribution in [3.8, 4) is 0 Å². The smallest absolute Gasteiger partial charge is 0.230 e. The van der Waals surface area contributed by atoms with Crippen molar-refractivity contribution in [3.05, 3.63) is 59.7 Å². The quantitative estimate of drug-likeness (QED) is 0.852. The number of carbonyl (C=O) groups excluding carboxylic acids is 2. The second-order valence-electron chi connectivity index (χ2n) is 8.20. The van der Waals surface area contributed by atoms with Gasteiger partial charge in [-0.1, -0.05) is 43.3 Å². The van der Waals surface area contributed by atoms with Gasteiger partial charge < -0.3 is 10.6 Å². The van der Waals surface area contributed by atoms with Crippen LogP contribution < -0.4 is 10.6 Å². The van der Waals surface area contributed by atoms with Crippen molar-refractivity contribution in [1.29, 1.82) is 0 Å². The van der Waals surface area contributed by atoms with Crippen LogP contribution in [0.4, 0.5) is 11.4 Å². The van der Waals surface area contributed by atoms with Gasteiger partial charge in [0.25, 0.3) is 0 Å². The third kappa shape index (κ3) is 4.09. The lowest BCUT2D eigenvalue weighted by atomic mass is 9.79. The normalized spacial score (nSPS) is 18.8. The molecule has 0 aromatic heterocycles. The number of piperidine rings is 1. The Morgan fingerprint density at radius 3 is 2.61 bits per heavy atom. The maximum Gasteiger partial charge on any atom is 0.230 e. The molecule has 2 aliphatic heterocycles. The fourth-order valence-corrected chi connectivity index (χ4v) is 4.00. The summed E-state index contributed by atoms with van der Waals surface area (Å²) in [5.74, 6) is 0.0997. The standard InChI is InChI=1S/C23H27N3O2/c1-23(11-13-26(14-12-23)16-17-5-3-2-4-6-17)22(28)24-19-9-7-18-8-10-21(27)25-20(18)15-19/h2-7,9,15H,8,10-14,16H2,1H3,(H,24,28)(H,25,27). The number of benzene rings is 2. The first-order valence-corrected chi connectivity index (χ1v) is 10.0. The van der Waals surface area contributed by atoms with E-state index >= 15 is 0 Å². The number of aryl methyl sites for hydroxylation is 1. The Morgan fingerprint density at radius 2 is 1.86 bits per heavy atom. The minimum absolute atomic E-state index is 0.0359. The summed E-state index contributed by atoms with van der Waals surface area (Å²) in [7, 11) is 0. The van der Waals surface area contributed by atoms with Gasteiger partial charge in [-0.3, -0.25) is 14.5 Å². The summed E-state index contributed by atoms with van der Waals surface area (Å²) in [6.07, 6.45) is 2.96. The highest BCUT2D eigenvalue weighted by molar-refractivity contribution is 5.98. The molecule has 146 valence electrons. The zero-order valence-corrected chi connectivity index (χ0v) is 16.3. The second kappa shape index (κ2) is 7.76. The highest BCUT2D eigenvalue weighted by Crippen LogP contribution is 2.34. The van der Waals surface area contributed by atoms with Gasteiger partial charge >= 0.3 is 0 Å². The Labute approximate surface area is 166 Å². The van der Waals surface area contributed by atoms with Crippen molar-refractivity contribution in [3.63, 3.8) is 0 Å². The van der Waals surface area contributed by atoms with Crippen LogP contribution in [0.5, 0.6) is 0 Å². The minimum atomic E-state index is -0.369. The Balaban J connectivity index is 1.36. The summed E-state index contributed by atoms with van der Waals surface area (Å²) >= 11 is 0. The topological polar surface area (TPSA) is 61.4 Å². The van der Waals surface area contributed by atoms with Crippen molar-refractivity contribution in [2.45, 2.75) is 39.2 Å². The molecule has 0 atom stereocenters. The van der Waals surface area contributed by atoms with E-state index in [2.05, 4.69) is 46.7 Å².